The molecule has 1 aliphatic heterocycles. The van der Waals surface area contributed by atoms with Crippen LogP contribution in [0.3, 0.4) is 0 Å². The van der Waals surface area contributed by atoms with Crippen molar-refractivity contribution in [1.29, 1.82) is 0 Å². The molecule has 4 nitrogen and oxygen atoms in total. The van der Waals surface area contributed by atoms with Crippen LogP contribution >= 0.6 is 23.6 Å². The Balaban J connectivity index is 1.56. The highest BCUT2D eigenvalue weighted by Crippen LogP contribution is 2.16. The number of nitrogens with zero attached hydrogens (tertiary/aromatic N) is 4. The maximum Gasteiger partial charge on any atom is 0.199 e. The van der Waals surface area contributed by atoms with Gasteiger partial charge in [0, 0.05) is 17.8 Å². The first kappa shape index (κ1) is 18.6. The van der Waals surface area contributed by atoms with E-state index in [1.165, 1.54) is 29.7 Å². The maximum atomic E-state index is 5.83. The molecule has 6 heteroatoms. The summed E-state index contributed by atoms with van der Waals surface area (Å²) in [6, 6.07) is 14.9. The van der Waals surface area contributed by atoms with Gasteiger partial charge in [-0.15, -0.1) is 11.3 Å². The predicted octanol–water partition coefficient (Wildman–Crippen LogP) is 4.75. The van der Waals surface area contributed by atoms with Crippen LogP contribution in [0.4, 0.5) is 0 Å². The van der Waals surface area contributed by atoms with Gasteiger partial charge in [0.15, 0.2) is 4.77 Å². The molecule has 142 valence electrons. The third kappa shape index (κ3) is 4.75. The molecule has 27 heavy (non-hydrogen) atoms. The summed E-state index contributed by atoms with van der Waals surface area (Å²) in [6.45, 7) is 4.00. The molecule has 1 saturated heterocycles. The van der Waals surface area contributed by atoms with Crippen LogP contribution in [0.25, 0.3) is 0 Å². The molecular weight excluding hydrogens is 372 g/mol. The molecule has 0 amide bonds. The topological polar surface area (TPSA) is 26.0 Å². The Labute approximate surface area is 170 Å². The van der Waals surface area contributed by atoms with E-state index in [2.05, 4.69) is 57.3 Å². The zero-order valence-electron chi connectivity index (χ0n) is 15.6. The molecule has 0 aliphatic carbocycles. The van der Waals surface area contributed by atoms with E-state index in [-0.39, 0.29) is 0 Å². The molecule has 0 saturated carbocycles. The first-order chi connectivity index (χ1) is 13.3. The highest BCUT2D eigenvalue weighted by molar-refractivity contribution is 7.71. The Kier molecular flexibility index (Phi) is 6.17. The molecule has 2 aromatic heterocycles. The van der Waals surface area contributed by atoms with Gasteiger partial charge < -0.3 is 4.57 Å². The van der Waals surface area contributed by atoms with Crippen LogP contribution < -0.4 is 0 Å². The summed E-state index contributed by atoms with van der Waals surface area (Å²) in [5.41, 5.74) is 1.34. The van der Waals surface area contributed by atoms with Crippen molar-refractivity contribution in [2.75, 3.05) is 13.1 Å². The first-order valence-electron chi connectivity index (χ1n) is 9.75. The van der Waals surface area contributed by atoms with Gasteiger partial charge >= 0.3 is 0 Å². The Morgan fingerprint density at radius 2 is 1.81 bits per heavy atom. The van der Waals surface area contributed by atoms with Crippen molar-refractivity contribution >= 4 is 23.6 Å². The lowest BCUT2D eigenvalue weighted by atomic mass is 10.1. The normalized spacial score (nSPS) is 15.3. The summed E-state index contributed by atoms with van der Waals surface area (Å²) in [5, 5.41) is 7.06. The second kappa shape index (κ2) is 8.95. The average Bonchev–Trinajstić information content (AvgIpc) is 3.31. The molecular formula is C21H26N4S2. The molecule has 3 aromatic rings. The SMILES string of the molecule is S=c1n(CN2CCCCC2)nc(Cc2cccs2)n1CCc1ccccc1. The largest absolute Gasteiger partial charge is 0.303 e. The van der Waals surface area contributed by atoms with Crippen LogP contribution in [0.15, 0.2) is 47.8 Å². The second-order valence-electron chi connectivity index (χ2n) is 7.16. The van der Waals surface area contributed by atoms with Gasteiger partial charge in [-0.3, -0.25) is 4.90 Å². The summed E-state index contributed by atoms with van der Waals surface area (Å²) >= 11 is 7.62. The number of hydrogen-bond donors (Lipinski definition) is 0. The van der Waals surface area contributed by atoms with Crippen molar-refractivity contribution in [3.8, 4) is 0 Å². The fourth-order valence-corrected chi connectivity index (χ4v) is 4.67. The van der Waals surface area contributed by atoms with Crippen LogP contribution in [0.1, 0.15) is 35.5 Å². The minimum absolute atomic E-state index is 0.814. The molecule has 1 aromatic carbocycles. The zero-order chi connectivity index (χ0) is 18.5. The van der Waals surface area contributed by atoms with E-state index in [1.54, 1.807) is 11.3 Å². The third-order valence-corrected chi connectivity index (χ3v) is 6.47. The minimum Gasteiger partial charge on any atom is -0.303 e. The van der Waals surface area contributed by atoms with E-state index in [0.717, 1.165) is 49.7 Å². The van der Waals surface area contributed by atoms with Gasteiger partial charge in [0.1, 0.15) is 5.82 Å². The Hall–Kier alpha value is -1.76. The van der Waals surface area contributed by atoms with E-state index >= 15 is 0 Å². The fourth-order valence-electron chi connectivity index (χ4n) is 3.68. The first-order valence-corrected chi connectivity index (χ1v) is 11.0. The molecule has 0 unspecified atom stereocenters. The molecule has 0 radical (unpaired) electrons. The van der Waals surface area contributed by atoms with Gasteiger partial charge in [0.25, 0.3) is 0 Å². The molecule has 4 rings (SSSR count). The summed E-state index contributed by atoms with van der Waals surface area (Å²) in [5.74, 6) is 1.08. The number of piperidine rings is 1. The number of rotatable bonds is 7. The van der Waals surface area contributed by atoms with Crippen molar-refractivity contribution in [3.63, 3.8) is 0 Å². The van der Waals surface area contributed by atoms with E-state index in [4.69, 9.17) is 17.3 Å². The van der Waals surface area contributed by atoms with Crippen molar-refractivity contribution in [3.05, 3.63) is 68.9 Å². The Bertz CT molecular complexity index is 890. The monoisotopic (exact) mass is 398 g/mol. The van der Waals surface area contributed by atoms with Crippen LogP contribution in [0, 0.1) is 4.77 Å². The van der Waals surface area contributed by atoms with Crippen molar-refractivity contribution in [1.82, 2.24) is 19.2 Å². The van der Waals surface area contributed by atoms with E-state index in [9.17, 15) is 0 Å². The number of aromatic nitrogens is 3. The summed E-state index contributed by atoms with van der Waals surface area (Å²) in [4.78, 5) is 3.81. The molecule has 1 fully saturated rings. The number of benzene rings is 1. The van der Waals surface area contributed by atoms with E-state index < -0.39 is 0 Å². The summed E-state index contributed by atoms with van der Waals surface area (Å²) in [6.07, 6.45) is 5.73. The number of aryl methyl sites for hydroxylation is 1. The van der Waals surface area contributed by atoms with Gasteiger partial charge in [0.2, 0.25) is 0 Å². The predicted molar refractivity (Wildman–Crippen MR) is 114 cm³/mol. The molecule has 0 bridgehead atoms. The average molecular weight is 399 g/mol. The number of hydrogen-bond acceptors (Lipinski definition) is 4. The minimum atomic E-state index is 0.814. The van der Waals surface area contributed by atoms with Gasteiger partial charge in [-0.1, -0.05) is 42.8 Å². The smallest absolute Gasteiger partial charge is 0.199 e. The molecule has 0 spiro atoms. The number of thiophene rings is 1. The highest BCUT2D eigenvalue weighted by atomic mass is 32.1. The number of likely N-dealkylation sites (tertiary alicyclic amines) is 1. The van der Waals surface area contributed by atoms with Crippen LogP contribution in [0.2, 0.25) is 0 Å². The molecule has 0 atom stereocenters. The van der Waals surface area contributed by atoms with E-state index in [0.29, 0.717) is 0 Å². The van der Waals surface area contributed by atoms with Crippen LogP contribution in [-0.4, -0.2) is 32.3 Å². The van der Waals surface area contributed by atoms with Gasteiger partial charge in [-0.05, 0) is 61.6 Å². The van der Waals surface area contributed by atoms with Gasteiger partial charge in [-0.25, -0.2) is 4.68 Å². The highest BCUT2D eigenvalue weighted by Gasteiger charge is 2.16. The van der Waals surface area contributed by atoms with Gasteiger partial charge in [-0.2, -0.15) is 5.10 Å². The maximum absolute atomic E-state index is 5.83. The fraction of sp³-hybridized carbons (Fsp3) is 0.429. The molecule has 1 aliphatic rings. The molecule has 3 heterocycles. The second-order valence-corrected chi connectivity index (χ2v) is 8.56. The lowest BCUT2D eigenvalue weighted by Crippen LogP contribution is -2.32. The summed E-state index contributed by atoms with van der Waals surface area (Å²) < 4.78 is 5.13. The van der Waals surface area contributed by atoms with Crippen LogP contribution in [0.5, 0.6) is 0 Å². The van der Waals surface area contributed by atoms with Crippen molar-refractivity contribution in [2.45, 2.75) is 45.3 Å². The third-order valence-electron chi connectivity index (χ3n) is 5.16. The quantitative estimate of drug-likeness (QED) is 0.537. The van der Waals surface area contributed by atoms with Crippen LogP contribution in [-0.2, 0) is 26.1 Å². The zero-order valence-corrected chi connectivity index (χ0v) is 17.2. The lowest BCUT2D eigenvalue weighted by Gasteiger charge is -2.25. The van der Waals surface area contributed by atoms with Gasteiger partial charge in [0.05, 0.1) is 6.67 Å². The Morgan fingerprint density at radius 1 is 1.00 bits per heavy atom. The molecule has 0 N–H and O–H groups in total. The van der Waals surface area contributed by atoms with Crippen molar-refractivity contribution in [2.24, 2.45) is 0 Å². The van der Waals surface area contributed by atoms with Crippen molar-refractivity contribution < 1.29 is 0 Å². The standard InChI is InChI=1S/C21H26N4S2/c26-21-24(14-11-18-8-3-1-4-9-18)20(16-19-10-7-15-27-19)22-25(21)17-23-12-5-2-6-13-23/h1,3-4,7-10,15H,2,5-6,11-14,16-17H2. The van der Waals surface area contributed by atoms with E-state index in [1.807, 2.05) is 4.68 Å². The summed E-state index contributed by atoms with van der Waals surface area (Å²) in [7, 11) is 0. The Morgan fingerprint density at radius 3 is 2.56 bits per heavy atom. The lowest BCUT2D eigenvalue weighted by molar-refractivity contribution is 0.171.